The number of fused-ring (bicyclic) bond motifs is 1. The topological polar surface area (TPSA) is 30.2 Å². The number of aromatic nitrogens is 2. The van der Waals surface area contributed by atoms with Crippen LogP contribution in [0.5, 0.6) is 0 Å². The summed E-state index contributed by atoms with van der Waals surface area (Å²) in [5.74, 6) is 0. The number of thiazole rings is 1. The lowest BCUT2D eigenvalue weighted by molar-refractivity contribution is 0.485. The highest BCUT2D eigenvalue weighted by molar-refractivity contribution is 7.14. The standard InChI is InChI=1S/C22H19N3S2/c1-2-9-18-16(6-1)7-3-10-19(18)25-20(21-11-5-13-26-21)15-27-22(25)24-17-8-4-12-23-14-17/h1-2,4-6,8-9,11-15,19H,3,7,10H2. The molecule has 1 atom stereocenters. The molecule has 27 heavy (non-hydrogen) atoms. The van der Waals surface area contributed by atoms with Crippen LogP contribution < -0.4 is 4.80 Å². The van der Waals surface area contributed by atoms with E-state index in [1.165, 1.54) is 34.5 Å². The van der Waals surface area contributed by atoms with E-state index in [1.54, 1.807) is 28.9 Å². The van der Waals surface area contributed by atoms with Gasteiger partial charge in [0.15, 0.2) is 4.80 Å². The van der Waals surface area contributed by atoms with Crippen molar-refractivity contribution in [2.24, 2.45) is 4.99 Å². The number of aryl methyl sites for hydroxylation is 1. The first-order chi connectivity index (χ1) is 13.4. The van der Waals surface area contributed by atoms with Crippen molar-refractivity contribution in [2.75, 3.05) is 0 Å². The van der Waals surface area contributed by atoms with Crippen molar-refractivity contribution in [3.63, 3.8) is 0 Å². The Morgan fingerprint density at radius 2 is 2.00 bits per heavy atom. The molecule has 5 heteroatoms. The lowest BCUT2D eigenvalue weighted by atomic mass is 9.87. The van der Waals surface area contributed by atoms with E-state index in [9.17, 15) is 0 Å². The molecule has 1 aliphatic carbocycles. The number of thiophene rings is 1. The molecule has 0 radical (unpaired) electrons. The summed E-state index contributed by atoms with van der Waals surface area (Å²) in [6, 6.07) is 17.5. The first-order valence-electron chi connectivity index (χ1n) is 9.16. The Balaban J connectivity index is 1.73. The summed E-state index contributed by atoms with van der Waals surface area (Å²) >= 11 is 3.50. The number of rotatable bonds is 3. The molecule has 1 unspecified atom stereocenters. The van der Waals surface area contributed by atoms with Crippen molar-refractivity contribution in [2.45, 2.75) is 25.3 Å². The van der Waals surface area contributed by atoms with E-state index in [0.717, 1.165) is 16.9 Å². The molecule has 3 aromatic heterocycles. The van der Waals surface area contributed by atoms with Gasteiger partial charge in [-0.05, 0) is 54.0 Å². The Bertz CT molecular complexity index is 1110. The van der Waals surface area contributed by atoms with Gasteiger partial charge >= 0.3 is 0 Å². The third-order valence-corrected chi connectivity index (χ3v) is 6.77. The van der Waals surface area contributed by atoms with Gasteiger partial charge in [0.2, 0.25) is 0 Å². The molecule has 1 aliphatic rings. The van der Waals surface area contributed by atoms with E-state index >= 15 is 0 Å². The van der Waals surface area contributed by atoms with Crippen LogP contribution in [0.3, 0.4) is 0 Å². The molecule has 3 heterocycles. The summed E-state index contributed by atoms with van der Waals surface area (Å²) < 4.78 is 2.45. The van der Waals surface area contributed by atoms with E-state index in [-0.39, 0.29) is 0 Å². The second-order valence-corrected chi connectivity index (χ2v) is 8.46. The summed E-state index contributed by atoms with van der Waals surface area (Å²) in [5, 5.41) is 4.39. The molecule has 5 rings (SSSR count). The molecule has 0 spiro atoms. The van der Waals surface area contributed by atoms with Crippen molar-refractivity contribution < 1.29 is 0 Å². The fraction of sp³-hybridized carbons (Fsp3) is 0.182. The predicted molar refractivity (Wildman–Crippen MR) is 113 cm³/mol. The van der Waals surface area contributed by atoms with Gasteiger partial charge < -0.3 is 4.57 Å². The van der Waals surface area contributed by atoms with Crippen LogP contribution >= 0.6 is 22.7 Å². The molecule has 0 saturated carbocycles. The molecule has 0 amide bonds. The Hall–Kier alpha value is -2.50. The van der Waals surface area contributed by atoms with Crippen LogP contribution in [0.15, 0.2) is 76.7 Å². The Kier molecular flexibility index (Phi) is 4.47. The van der Waals surface area contributed by atoms with Crippen LogP contribution in [0.25, 0.3) is 10.6 Å². The zero-order valence-corrected chi connectivity index (χ0v) is 16.4. The molecule has 134 valence electrons. The van der Waals surface area contributed by atoms with Crippen molar-refractivity contribution in [3.05, 3.63) is 87.6 Å². The van der Waals surface area contributed by atoms with Crippen molar-refractivity contribution in [1.29, 1.82) is 0 Å². The van der Waals surface area contributed by atoms with Crippen LogP contribution in [-0.4, -0.2) is 9.55 Å². The summed E-state index contributed by atoms with van der Waals surface area (Å²) in [6.07, 6.45) is 7.13. The molecule has 0 saturated heterocycles. The van der Waals surface area contributed by atoms with E-state index < -0.39 is 0 Å². The maximum absolute atomic E-state index is 4.94. The molecule has 0 aliphatic heterocycles. The lowest BCUT2D eigenvalue weighted by Crippen LogP contribution is -2.25. The molecular weight excluding hydrogens is 370 g/mol. The van der Waals surface area contributed by atoms with Gasteiger partial charge in [-0.25, -0.2) is 4.99 Å². The minimum absolute atomic E-state index is 0.328. The molecular formula is C22H19N3S2. The predicted octanol–water partition coefficient (Wildman–Crippen LogP) is 5.83. The second kappa shape index (κ2) is 7.25. The molecule has 1 aromatic carbocycles. The van der Waals surface area contributed by atoms with E-state index in [4.69, 9.17) is 4.99 Å². The fourth-order valence-corrected chi connectivity index (χ4v) is 5.60. The van der Waals surface area contributed by atoms with Crippen LogP contribution in [0.4, 0.5) is 5.69 Å². The number of pyridine rings is 1. The number of hydrogen-bond acceptors (Lipinski definition) is 4. The average molecular weight is 390 g/mol. The molecule has 4 aromatic rings. The molecule has 3 nitrogen and oxygen atoms in total. The van der Waals surface area contributed by atoms with Gasteiger partial charge in [-0.2, -0.15) is 0 Å². The Labute approximate surface area is 166 Å². The third kappa shape index (κ3) is 3.17. The maximum atomic E-state index is 4.94. The van der Waals surface area contributed by atoms with E-state index in [0.29, 0.717) is 6.04 Å². The summed E-state index contributed by atoms with van der Waals surface area (Å²) in [7, 11) is 0. The Morgan fingerprint density at radius 3 is 2.85 bits per heavy atom. The minimum atomic E-state index is 0.328. The third-order valence-electron chi connectivity index (χ3n) is 5.04. The van der Waals surface area contributed by atoms with Crippen LogP contribution in [0.2, 0.25) is 0 Å². The number of benzene rings is 1. The van der Waals surface area contributed by atoms with Crippen LogP contribution in [0, 0.1) is 0 Å². The summed E-state index contributed by atoms with van der Waals surface area (Å²) in [6.45, 7) is 0. The first-order valence-corrected chi connectivity index (χ1v) is 10.9. The van der Waals surface area contributed by atoms with Gasteiger partial charge in [0.1, 0.15) is 0 Å². The second-order valence-electron chi connectivity index (χ2n) is 6.68. The Morgan fingerprint density at radius 1 is 1.04 bits per heavy atom. The molecule has 0 bridgehead atoms. The maximum Gasteiger partial charge on any atom is 0.191 e. The normalized spacial score (nSPS) is 17.0. The van der Waals surface area contributed by atoms with Gasteiger partial charge in [0.25, 0.3) is 0 Å². The van der Waals surface area contributed by atoms with Crippen molar-refractivity contribution >= 4 is 28.4 Å². The molecule has 0 fully saturated rings. The smallest absolute Gasteiger partial charge is 0.191 e. The minimum Gasteiger partial charge on any atom is -0.308 e. The fourth-order valence-electron chi connectivity index (χ4n) is 3.83. The summed E-state index contributed by atoms with van der Waals surface area (Å²) in [5.41, 5.74) is 5.07. The lowest BCUT2D eigenvalue weighted by Gasteiger charge is -2.28. The van der Waals surface area contributed by atoms with Gasteiger partial charge in [-0.3, -0.25) is 4.98 Å². The monoisotopic (exact) mass is 389 g/mol. The highest BCUT2D eigenvalue weighted by Gasteiger charge is 2.25. The van der Waals surface area contributed by atoms with Gasteiger partial charge in [-0.1, -0.05) is 30.3 Å². The van der Waals surface area contributed by atoms with E-state index in [2.05, 4.69) is 56.7 Å². The largest absolute Gasteiger partial charge is 0.308 e. The molecule has 0 N–H and O–H groups in total. The highest BCUT2D eigenvalue weighted by atomic mass is 32.1. The van der Waals surface area contributed by atoms with Crippen LogP contribution in [0.1, 0.15) is 30.0 Å². The van der Waals surface area contributed by atoms with Gasteiger partial charge in [-0.15, -0.1) is 22.7 Å². The van der Waals surface area contributed by atoms with Gasteiger partial charge in [0, 0.05) is 11.6 Å². The van der Waals surface area contributed by atoms with E-state index in [1.807, 2.05) is 18.3 Å². The van der Waals surface area contributed by atoms with Gasteiger partial charge in [0.05, 0.1) is 28.5 Å². The summed E-state index contributed by atoms with van der Waals surface area (Å²) in [4.78, 5) is 11.5. The quantitative estimate of drug-likeness (QED) is 0.433. The van der Waals surface area contributed by atoms with Crippen LogP contribution in [-0.2, 0) is 6.42 Å². The number of nitrogens with zero attached hydrogens (tertiary/aromatic N) is 3. The first kappa shape index (κ1) is 16.7. The average Bonchev–Trinajstić information content (AvgIpc) is 3.38. The van der Waals surface area contributed by atoms with Crippen molar-refractivity contribution in [3.8, 4) is 10.6 Å². The zero-order chi connectivity index (χ0) is 18.1. The van der Waals surface area contributed by atoms with Crippen molar-refractivity contribution in [1.82, 2.24) is 9.55 Å². The zero-order valence-electron chi connectivity index (χ0n) is 14.8. The highest BCUT2D eigenvalue weighted by Crippen LogP contribution is 2.36. The SMILES string of the molecule is c1cncc(N=c2scc(-c3cccs3)n2C2CCCc3ccccc32)c1. The number of hydrogen-bond donors (Lipinski definition) is 0.